The fourth-order valence-corrected chi connectivity index (χ4v) is 4.74. The van der Waals surface area contributed by atoms with Gasteiger partial charge >= 0.3 is 12.1 Å². The third-order valence-corrected chi connectivity index (χ3v) is 6.74. The maximum atomic E-state index is 13.0. The van der Waals surface area contributed by atoms with Crippen LogP contribution >= 0.6 is 0 Å². The van der Waals surface area contributed by atoms with E-state index in [1.165, 1.54) is 7.11 Å². The van der Waals surface area contributed by atoms with Gasteiger partial charge in [0, 0.05) is 0 Å². The first kappa shape index (κ1) is 32.2. The number of esters is 1. The van der Waals surface area contributed by atoms with Crippen molar-refractivity contribution in [1.82, 2.24) is 5.32 Å². The number of hydrogen-bond acceptors (Lipinski definition) is 8. The molecule has 43 heavy (non-hydrogen) atoms. The van der Waals surface area contributed by atoms with Crippen molar-refractivity contribution >= 4 is 12.1 Å². The second-order valence-corrected chi connectivity index (χ2v) is 11.3. The van der Waals surface area contributed by atoms with E-state index >= 15 is 0 Å². The molecule has 0 radical (unpaired) electrons. The smallest absolute Gasteiger partial charge is 0.409 e. The topological polar surface area (TPSA) is 102 Å². The molecular formula is C34H41NO8. The highest BCUT2D eigenvalue weighted by Crippen LogP contribution is 2.31. The van der Waals surface area contributed by atoms with E-state index in [2.05, 4.69) is 5.32 Å². The Morgan fingerprint density at radius 3 is 1.58 bits per heavy atom. The first-order chi connectivity index (χ1) is 20.7. The van der Waals surface area contributed by atoms with Gasteiger partial charge in [0.1, 0.15) is 23.9 Å². The van der Waals surface area contributed by atoms with Gasteiger partial charge in [0.25, 0.3) is 0 Å². The molecule has 0 bridgehead atoms. The molecule has 4 rings (SSSR count). The van der Waals surface area contributed by atoms with Gasteiger partial charge in [0.2, 0.25) is 0 Å². The Labute approximate surface area is 253 Å². The number of carbonyl (C=O) groups excluding carboxylic acids is 2. The maximum absolute atomic E-state index is 13.0. The normalized spacial score (nSPS) is 22.0. The molecule has 1 aliphatic heterocycles. The summed E-state index contributed by atoms with van der Waals surface area (Å²) in [6, 6.07) is 29.1. The molecule has 0 saturated carbocycles. The minimum absolute atomic E-state index is 0.126. The third kappa shape index (κ3) is 10.2. The van der Waals surface area contributed by atoms with E-state index in [9.17, 15) is 9.59 Å². The zero-order valence-electron chi connectivity index (χ0n) is 25.1. The largest absolute Gasteiger partial charge is 0.469 e. The average Bonchev–Trinajstić information content (AvgIpc) is 2.99. The van der Waals surface area contributed by atoms with E-state index in [-0.39, 0.29) is 26.2 Å². The van der Waals surface area contributed by atoms with Crippen molar-refractivity contribution in [3.63, 3.8) is 0 Å². The fourth-order valence-electron chi connectivity index (χ4n) is 4.74. The van der Waals surface area contributed by atoms with Crippen molar-refractivity contribution in [3.05, 3.63) is 108 Å². The molecule has 0 unspecified atom stereocenters. The molecule has 1 N–H and O–H groups in total. The van der Waals surface area contributed by atoms with Crippen LogP contribution in [-0.2, 0) is 53.0 Å². The molecule has 1 aliphatic rings. The maximum Gasteiger partial charge on any atom is 0.409 e. The number of nitrogens with one attached hydrogen (secondary N) is 1. The van der Waals surface area contributed by atoms with Gasteiger partial charge in [-0.05, 0) is 37.5 Å². The van der Waals surface area contributed by atoms with Crippen LogP contribution in [0.5, 0.6) is 0 Å². The molecule has 5 atom stereocenters. The zero-order chi connectivity index (χ0) is 30.7. The lowest BCUT2D eigenvalue weighted by Crippen LogP contribution is -2.65. The van der Waals surface area contributed by atoms with Crippen molar-refractivity contribution in [2.24, 2.45) is 0 Å². The van der Waals surface area contributed by atoms with Gasteiger partial charge in [-0.25, -0.2) is 4.79 Å². The minimum atomic E-state index is -1.02. The molecule has 0 aliphatic carbocycles. The summed E-state index contributed by atoms with van der Waals surface area (Å²) in [6.45, 7) is 6.03. The molecule has 0 spiro atoms. The molecule has 3 aromatic rings. The molecule has 0 aromatic heterocycles. The van der Waals surface area contributed by atoms with E-state index in [4.69, 9.17) is 28.4 Å². The Bertz CT molecular complexity index is 1270. The first-order valence-corrected chi connectivity index (χ1v) is 14.4. The van der Waals surface area contributed by atoms with Crippen LogP contribution in [0.25, 0.3) is 0 Å². The monoisotopic (exact) mass is 591 g/mol. The van der Waals surface area contributed by atoms with Crippen molar-refractivity contribution < 1.29 is 38.0 Å². The van der Waals surface area contributed by atoms with E-state index in [1.54, 1.807) is 20.8 Å². The van der Waals surface area contributed by atoms with Crippen LogP contribution in [0.3, 0.4) is 0 Å². The molecule has 3 aromatic carbocycles. The van der Waals surface area contributed by atoms with Gasteiger partial charge in [0.15, 0.2) is 6.23 Å². The average molecular weight is 592 g/mol. The molecule has 1 saturated heterocycles. The Kier molecular flexibility index (Phi) is 11.7. The van der Waals surface area contributed by atoms with Gasteiger partial charge in [-0.15, -0.1) is 0 Å². The summed E-state index contributed by atoms with van der Waals surface area (Å²) >= 11 is 0. The summed E-state index contributed by atoms with van der Waals surface area (Å²) in [5, 5.41) is 2.81. The lowest BCUT2D eigenvalue weighted by Gasteiger charge is -2.46. The van der Waals surface area contributed by atoms with Crippen LogP contribution in [0.15, 0.2) is 91.0 Å². The van der Waals surface area contributed by atoms with Crippen molar-refractivity contribution in [2.45, 2.75) is 83.3 Å². The summed E-state index contributed by atoms with van der Waals surface area (Å²) in [4.78, 5) is 25.5. The SMILES string of the molecule is COC(=O)C[C@@H]1O[C@H](NC(=O)OC(C)(C)C)[C@@H](OCc2ccccc2)[C@H](OCc2ccccc2)[C@H]1OCc1ccccc1. The summed E-state index contributed by atoms with van der Waals surface area (Å²) < 4.78 is 36.4. The molecule has 1 heterocycles. The fraction of sp³-hybridized carbons (Fsp3) is 0.412. The number of alkyl carbamates (subject to hydrolysis) is 1. The van der Waals surface area contributed by atoms with Crippen molar-refractivity contribution in [2.75, 3.05) is 7.11 Å². The second-order valence-electron chi connectivity index (χ2n) is 11.3. The second kappa shape index (κ2) is 15.6. The number of rotatable bonds is 12. The summed E-state index contributed by atoms with van der Waals surface area (Å²) in [6.07, 6.45) is -4.99. The lowest BCUT2D eigenvalue weighted by atomic mass is 9.94. The van der Waals surface area contributed by atoms with E-state index in [0.29, 0.717) is 0 Å². The highest BCUT2D eigenvalue weighted by Gasteiger charge is 2.50. The number of methoxy groups -OCH3 is 1. The molecule has 230 valence electrons. The summed E-state index contributed by atoms with van der Waals surface area (Å²) in [5.41, 5.74) is 2.07. The predicted octanol–water partition coefficient (Wildman–Crippen LogP) is 5.56. The van der Waals surface area contributed by atoms with Gasteiger partial charge in [-0.3, -0.25) is 10.1 Å². The standard InChI is InChI=1S/C34H41NO8/c1-34(2,3)43-33(37)35-32-31(41-23-26-18-12-7-13-19-26)30(40-22-25-16-10-6-11-17-25)29(27(42-32)20-28(36)38-4)39-21-24-14-8-5-9-15-24/h5-19,27,29-32H,20-23H2,1-4H3,(H,35,37)/t27-,29-,30+,31-,32-/m0/s1. The van der Waals surface area contributed by atoms with Crippen molar-refractivity contribution in [3.8, 4) is 0 Å². The summed E-state index contributed by atoms with van der Waals surface area (Å²) in [7, 11) is 1.32. The van der Waals surface area contributed by atoms with Crippen LogP contribution in [0.1, 0.15) is 43.9 Å². The predicted molar refractivity (Wildman–Crippen MR) is 160 cm³/mol. The molecule has 1 amide bonds. The number of amides is 1. The molecule has 9 heteroatoms. The van der Waals surface area contributed by atoms with E-state index in [0.717, 1.165) is 16.7 Å². The van der Waals surface area contributed by atoms with Gasteiger partial charge < -0.3 is 28.4 Å². The van der Waals surface area contributed by atoms with Crippen LogP contribution in [0, 0.1) is 0 Å². The highest BCUT2D eigenvalue weighted by atomic mass is 16.6. The molecular weight excluding hydrogens is 550 g/mol. The Hall–Kier alpha value is -3.76. The first-order valence-electron chi connectivity index (χ1n) is 14.4. The van der Waals surface area contributed by atoms with Gasteiger partial charge in [-0.2, -0.15) is 0 Å². The van der Waals surface area contributed by atoms with Crippen LogP contribution < -0.4 is 5.32 Å². The minimum Gasteiger partial charge on any atom is -0.469 e. The van der Waals surface area contributed by atoms with E-state index in [1.807, 2.05) is 91.0 Å². The van der Waals surface area contributed by atoms with Crippen LogP contribution in [-0.4, -0.2) is 55.4 Å². The third-order valence-electron chi connectivity index (χ3n) is 6.74. The Balaban J connectivity index is 1.68. The molecule has 1 fully saturated rings. The van der Waals surface area contributed by atoms with Gasteiger partial charge in [-0.1, -0.05) is 91.0 Å². The number of hydrogen-bond donors (Lipinski definition) is 1. The number of benzene rings is 3. The van der Waals surface area contributed by atoms with E-state index < -0.39 is 48.3 Å². The Morgan fingerprint density at radius 1 is 0.698 bits per heavy atom. The quantitative estimate of drug-likeness (QED) is 0.274. The van der Waals surface area contributed by atoms with Crippen LogP contribution in [0.2, 0.25) is 0 Å². The zero-order valence-corrected chi connectivity index (χ0v) is 25.1. The summed E-state index contributed by atoms with van der Waals surface area (Å²) in [5.74, 6) is -0.486. The Morgan fingerprint density at radius 2 is 1.14 bits per heavy atom. The van der Waals surface area contributed by atoms with Crippen molar-refractivity contribution in [1.29, 1.82) is 0 Å². The van der Waals surface area contributed by atoms with Crippen LogP contribution in [0.4, 0.5) is 4.79 Å². The highest BCUT2D eigenvalue weighted by molar-refractivity contribution is 5.70. The molecule has 9 nitrogen and oxygen atoms in total. The number of carbonyl (C=O) groups is 2. The number of ether oxygens (including phenoxy) is 6. The van der Waals surface area contributed by atoms with Gasteiger partial charge in [0.05, 0.1) is 39.5 Å². The lowest BCUT2D eigenvalue weighted by molar-refractivity contribution is -0.270.